The summed E-state index contributed by atoms with van der Waals surface area (Å²) < 4.78 is 104. The van der Waals surface area contributed by atoms with E-state index in [2.05, 4.69) is 56.4 Å². The first-order valence-corrected chi connectivity index (χ1v) is 26.2. The van der Waals surface area contributed by atoms with E-state index in [1.54, 1.807) is 30.5 Å². The molecule has 0 bridgehead atoms. The number of alkyl halides is 3. The van der Waals surface area contributed by atoms with Crippen LogP contribution in [0.5, 0.6) is 11.5 Å². The number of hydrogen-bond donors (Lipinski definition) is 5. The fraction of sp³-hybridized carbons (Fsp3) is 0.396. The van der Waals surface area contributed by atoms with E-state index >= 15 is 0 Å². The molecular formula is C48H54ClF3N8O8S2. The van der Waals surface area contributed by atoms with Gasteiger partial charge in [-0.2, -0.15) is 13.2 Å². The van der Waals surface area contributed by atoms with Gasteiger partial charge in [0.2, 0.25) is 0 Å². The summed E-state index contributed by atoms with van der Waals surface area (Å²) in [5, 5.41) is 15.5. The number of benzene rings is 3. The summed E-state index contributed by atoms with van der Waals surface area (Å²) >= 11 is 6.23. The number of nitrogens with one attached hydrogen (secondary N) is 4. The van der Waals surface area contributed by atoms with Gasteiger partial charge in [-0.3, -0.25) is 9.69 Å². The number of halogens is 4. The molecular weight excluding hydrogens is 973 g/mol. The summed E-state index contributed by atoms with van der Waals surface area (Å²) in [5.41, 5.74) is -1.12. The maximum atomic E-state index is 14.0. The number of amides is 2. The van der Waals surface area contributed by atoms with E-state index in [0.29, 0.717) is 73.4 Å². The summed E-state index contributed by atoms with van der Waals surface area (Å²) in [6, 6.07) is 18.0. The average Bonchev–Trinajstić information content (AvgIpc) is 3.97. The van der Waals surface area contributed by atoms with Crippen molar-refractivity contribution in [1.82, 2.24) is 29.8 Å². The van der Waals surface area contributed by atoms with Crippen molar-refractivity contribution < 1.29 is 49.4 Å². The van der Waals surface area contributed by atoms with Gasteiger partial charge in [0.1, 0.15) is 22.0 Å². The van der Waals surface area contributed by atoms with Crippen LogP contribution in [-0.2, 0) is 19.9 Å². The van der Waals surface area contributed by atoms with E-state index in [4.69, 9.17) is 21.4 Å². The number of aromatic nitrogens is 2. The molecule has 5 aromatic rings. The van der Waals surface area contributed by atoms with Crippen LogP contribution in [0.25, 0.3) is 16.6 Å². The van der Waals surface area contributed by atoms with Gasteiger partial charge < -0.3 is 35.3 Å². The lowest BCUT2D eigenvalue weighted by Crippen LogP contribution is -2.47. The number of piperazine rings is 1. The second-order valence-corrected chi connectivity index (χ2v) is 22.6. The van der Waals surface area contributed by atoms with Gasteiger partial charge in [0.25, 0.3) is 25.8 Å². The van der Waals surface area contributed by atoms with Gasteiger partial charge in [0.05, 0.1) is 22.3 Å². The Bertz CT molecular complexity index is 3020. The van der Waals surface area contributed by atoms with E-state index in [0.717, 1.165) is 51.0 Å². The topological polar surface area (TPSA) is 206 Å². The van der Waals surface area contributed by atoms with Gasteiger partial charge >= 0.3 is 11.6 Å². The van der Waals surface area contributed by atoms with Crippen LogP contribution >= 0.6 is 11.6 Å². The number of carbonyl (C=O) groups excluding carboxylic acids is 1. The van der Waals surface area contributed by atoms with E-state index in [-0.39, 0.29) is 35.1 Å². The van der Waals surface area contributed by atoms with Gasteiger partial charge in [-0.25, -0.2) is 31.3 Å². The number of likely N-dealkylation sites (tertiary alicyclic amines) is 1. The van der Waals surface area contributed by atoms with Crippen molar-refractivity contribution in [2.75, 3.05) is 69.1 Å². The van der Waals surface area contributed by atoms with Crippen LogP contribution in [0.4, 0.5) is 29.3 Å². The van der Waals surface area contributed by atoms with Gasteiger partial charge in [-0.1, -0.05) is 43.2 Å². The zero-order valence-corrected chi connectivity index (χ0v) is 40.9. The van der Waals surface area contributed by atoms with Crippen LogP contribution in [0.2, 0.25) is 5.02 Å². The quantitative estimate of drug-likeness (QED) is 0.0590. The lowest BCUT2D eigenvalue weighted by molar-refractivity contribution is -0.0435. The molecule has 2 aromatic heterocycles. The minimum Gasteiger partial charge on any atom is -0.465 e. The van der Waals surface area contributed by atoms with Crippen molar-refractivity contribution in [3.8, 4) is 11.5 Å². The molecule has 70 heavy (non-hydrogen) atoms. The Morgan fingerprint density at radius 1 is 0.957 bits per heavy atom. The Labute approximate surface area is 409 Å². The zero-order valence-electron chi connectivity index (χ0n) is 38.5. The highest BCUT2D eigenvalue weighted by Gasteiger charge is 2.48. The van der Waals surface area contributed by atoms with Crippen LogP contribution in [-0.4, -0.2) is 124 Å². The normalized spacial score (nSPS) is 18.3. The van der Waals surface area contributed by atoms with Crippen molar-refractivity contribution in [3.05, 3.63) is 107 Å². The molecule has 1 aliphatic carbocycles. The lowest BCUT2D eigenvalue weighted by Gasteiger charge is -2.39. The highest BCUT2D eigenvalue weighted by Crippen LogP contribution is 2.44. The van der Waals surface area contributed by atoms with Crippen molar-refractivity contribution in [1.29, 1.82) is 0 Å². The van der Waals surface area contributed by atoms with Crippen LogP contribution in [0.15, 0.2) is 101 Å². The molecule has 2 aliphatic heterocycles. The van der Waals surface area contributed by atoms with Crippen LogP contribution in [0, 0.1) is 5.41 Å². The number of H-pyrrole nitrogens is 1. The predicted octanol–water partition coefficient (Wildman–Crippen LogP) is 8.35. The number of allylic oxidation sites excluding steroid dienone is 1. The third-order valence-electron chi connectivity index (χ3n) is 13.0. The molecule has 3 aliphatic rings. The minimum absolute atomic E-state index is 0.000585. The molecule has 0 unspecified atom stereocenters. The molecule has 1 atom stereocenters. The molecule has 0 saturated carbocycles. The minimum atomic E-state index is -6.10. The molecule has 8 rings (SSSR count). The highest BCUT2D eigenvalue weighted by molar-refractivity contribution is 7.92. The van der Waals surface area contributed by atoms with Crippen molar-refractivity contribution in [2.24, 2.45) is 5.41 Å². The van der Waals surface area contributed by atoms with Gasteiger partial charge in [0, 0.05) is 86.8 Å². The Morgan fingerprint density at radius 2 is 1.71 bits per heavy atom. The average molecular weight is 1030 g/mol. The molecule has 0 radical (unpaired) electrons. The third-order valence-corrected chi connectivity index (χ3v) is 16.1. The number of nitrogens with zero attached hydrogens (tertiary/aromatic N) is 4. The monoisotopic (exact) mass is 1030 g/mol. The first kappa shape index (κ1) is 50.5. The number of carboxylic acid groups (broad SMARTS) is 1. The number of ether oxygens (including phenoxy) is 1. The first-order chi connectivity index (χ1) is 33.1. The Balaban J connectivity index is 0.998. The summed E-state index contributed by atoms with van der Waals surface area (Å²) in [6.45, 7) is 9.58. The van der Waals surface area contributed by atoms with Crippen molar-refractivity contribution in [3.63, 3.8) is 0 Å². The van der Waals surface area contributed by atoms with Crippen LogP contribution in [0.3, 0.4) is 0 Å². The number of pyridine rings is 1. The highest BCUT2D eigenvalue weighted by atomic mass is 35.5. The summed E-state index contributed by atoms with van der Waals surface area (Å²) in [7, 11) is -11.1. The van der Waals surface area contributed by atoms with Crippen LogP contribution < -0.4 is 25.0 Å². The summed E-state index contributed by atoms with van der Waals surface area (Å²) in [5.74, 6) is -0.988. The molecule has 16 nitrogen and oxygen atoms in total. The number of rotatable bonds is 16. The van der Waals surface area contributed by atoms with Crippen molar-refractivity contribution in [2.45, 2.75) is 67.3 Å². The van der Waals surface area contributed by atoms with E-state index in [9.17, 15) is 39.6 Å². The standard InChI is InChI=1S/C48H54ClF3N8O8S2/c1-47(2)15-12-33(40(27-47)31-4-6-34(49)7-5-31)29-59-20-22-60(23-21-59)36-8-10-39(42(25-36)68-37-24-32-13-17-54-44(32)55-28-37)45(61)57-70(66,67)38-9-11-41(43(26-38)69(64,65)48(50,51)52)53-16-3-18-58-19-14-35(30-58)56-46(62)63/h4-11,13,17,24-26,28,35,53,56H,3,12,14-16,18-23,27,29-30H2,1-2H3,(H,54,55)(H,57,61)(H,62,63)/t35-/m0/s1. The zero-order chi connectivity index (χ0) is 50.0. The predicted molar refractivity (Wildman–Crippen MR) is 261 cm³/mol. The molecule has 5 N–H and O–H groups in total. The van der Waals surface area contributed by atoms with E-state index in [1.165, 1.54) is 29.0 Å². The van der Waals surface area contributed by atoms with Crippen LogP contribution in [0.1, 0.15) is 61.9 Å². The van der Waals surface area contributed by atoms with Crippen molar-refractivity contribution >= 4 is 71.4 Å². The number of sulfone groups is 1. The Morgan fingerprint density at radius 3 is 2.44 bits per heavy atom. The SMILES string of the molecule is CC1(C)CCC(CN2CCN(c3ccc(C(=O)NS(=O)(=O)c4ccc(NCCCN5CC[C@H](NC(=O)O)C5)c(S(=O)(=O)C(F)(F)F)c4)c(Oc4cnc5[nH]ccc5c4)c3)CC2)=C(c2ccc(Cl)cc2)C1. The summed E-state index contributed by atoms with van der Waals surface area (Å²) in [4.78, 5) is 36.6. The molecule has 0 spiro atoms. The molecule has 2 fully saturated rings. The fourth-order valence-electron chi connectivity index (χ4n) is 9.23. The molecule has 2 amide bonds. The van der Waals surface area contributed by atoms with E-state index < -0.39 is 52.8 Å². The maximum absolute atomic E-state index is 14.0. The van der Waals surface area contributed by atoms with Gasteiger partial charge in [-0.05, 0) is 110 Å². The molecule has 4 heterocycles. The number of hydrogen-bond acceptors (Lipinski definition) is 12. The fourth-order valence-corrected chi connectivity index (χ4v) is 11.4. The largest absolute Gasteiger partial charge is 0.501 e. The second-order valence-electron chi connectivity index (χ2n) is 18.6. The number of anilines is 2. The number of fused-ring (bicyclic) bond motifs is 1. The van der Waals surface area contributed by atoms with Gasteiger partial charge in [-0.15, -0.1) is 0 Å². The Kier molecular flexibility index (Phi) is 14.8. The first-order valence-electron chi connectivity index (χ1n) is 22.8. The third kappa shape index (κ3) is 11.8. The lowest BCUT2D eigenvalue weighted by atomic mass is 9.72. The van der Waals surface area contributed by atoms with Gasteiger partial charge in [0.15, 0.2) is 0 Å². The molecule has 22 heteroatoms. The number of sulfonamides is 1. The van der Waals surface area contributed by atoms with E-state index in [1.807, 2.05) is 21.8 Å². The summed E-state index contributed by atoms with van der Waals surface area (Å²) in [6.07, 6.45) is 5.92. The number of carbonyl (C=O) groups is 2. The molecule has 3 aromatic carbocycles. The molecule has 2 saturated heterocycles. The smallest absolute Gasteiger partial charge is 0.465 e. The maximum Gasteiger partial charge on any atom is 0.501 e. The second kappa shape index (κ2) is 20.5. The number of aromatic amines is 1. The Hall–Kier alpha value is -5.87. The molecule has 374 valence electrons.